The molecule has 2 aromatic rings. The number of amidine groups is 1. The first-order chi connectivity index (χ1) is 15.2. The van der Waals surface area contributed by atoms with Crippen LogP contribution in [0.25, 0.3) is 0 Å². The van der Waals surface area contributed by atoms with Crippen molar-refractivity contribution < 1.29 is 9.18 Å². The average molecular weight is 421 g/mol. The highest BCUT2D eigenvalue weighted by atomic mass is 19.1. The first kappa shape index (κ1) is 19.3. The summed E-state index contributed by atoms with van der Waals surface area (Å²) < 4.78 is 15.0. The second-order valence-corrected chi connectivity index (χ2v) is 7.80. The van der Waals surface area contributed by atoms with E-state index in [2.05, 4.69) is 36.8 Å². The molecular formula is C22H24FN7O. The number of benzene rings is 2. The van der Waals surface area contributed by atoms with Crippen molar-refractivity contribution >= 4 is 29.1 Å². The van der Waals surface area contributed by atoms with E-state index in [4.69, 9.17) is 0 Å². The maximum Gasteiger partial charge on any atom is 0.258 e. The molecule has 2 aliphatic heterocycles. The molecule has 0 saturated heterocycles. The summed E-state index contributed by atoms with van der Waals surface area (Å²) in [5, 5.41) is 8.93. The number of amides is 1. The monoisotopic (exact) mass is 421 g/mol. The van der Waals surface area contributed by atoms with Gasteiger partial charge in [0.25, 0.3) is 5.91 Å². The molecule has 0 radical (unpaired) electrons. The van der Waals surface area contributed by atoms with Gasteiger partial charge in [-0.2, -0.15) is 0 Å². The summed E-state index contributed by atoms with van der Waals surface area (Å²) in [5.41, 5.74) is 9.35. The third-order valence-corrected chi connectivity index (χ3v) is 5.45. The van der Waals surface area contributed by atoms with Gasteiger partial charge in [-0.1, -0.05) is 12.1 Å². The highest BCUT2D eigenvalue weighted by Crippen LogP contribution is 2.44. The summed E-state index contributed by atoms with van der Waals surface area (Å²) in [6, 6.07) is 10.8. The number of guanidine groups is 1. The van der Waals surface area contributed by atoms with Gasteiger partial charge < -0.3 is 16.1 Å². The largest absolute Gasteiger partial charge is 0.368 e. The lowest BCUT2D eigenvalue weighted by Gasteiger charge is -2.17. The molecule has 0 aromatic heterocycles. The summed E-state index contributed by atoms with van der Waals surface area (Å²) >= 11 is 0. The molecule has 5 rings (SSSR count). The molecule has 1 saturated carbocycles. The van der Waals surface area contributed by atoms with E-state index in [1.807, 2.05) is 24.3 Å². The number of nitrogens with one attached hydrogen (secondary N) is 5. The Hall–Kier alpha value is -3.62. The minimum atomic E-state index is -0.471. The van der Waals surface area contributed by atoms with Crippen molar-refractivity contribution in [2.75, 3.05) is 37.0 Å². The number of hydrazine groups is 1. The summed E-state index contributed by atoms with van der Waals surface area (Å²) in [6.45, 7) is 2.92. The van der Waals surface area contributed by atoms with Crippen LogP contribution in [0.4, 0.5) is 15.8 Å². The van der Waals surface area contributed by atoms with E-state index in [-0.39, 0.29) is 17.4 Å². The number of hydrogen-bond donors (Lipinski definition) is 5. The van der Waals surface area contributed by atoms with Crippen LogP contribution in [0.15, 0.2) is 46.4 Å². The molecule has 1 amide bonds. The third-order valence-electron chi connectivity index (χ3n) is 5.45. The van der Waals surface area contributed by atoms with Crippen molar-refractivity contribution in [2.24, 2.45) is 9.98 Å². The fourth-order valence-corrected chi connectivity index (χ4v) is 3.74. The smallest absolute Gasteiger partial charge is 0.258 e. The van der Waals surface area contributed by atoms with Crippen LogP contribution < -0.4 is 26.8 Å². The summed E-state index contributed by atoms with van der Waals surface area (Å²) in [6.07, 6.45) is 1.96. The van der Waals surface area contributed by atoms with Crippen molar-refractivity contribution in [1.29, 1.82) is 0 Å². The van der Waals surface area contributed by atoms with E-state index in [1.165, 1.54) is 6.07 Å². The molecule has 2 heterocycles. The Bertz CT molecular complexity index is 1080. The molecule has 0 spiro atoms. The SMILES string of the molecule is O=C(NC1=NCCN1)c1cc(F)c(NNc2cccc(C3=NCCN3)c2)c(C2CC2)c1. The molecule has 1 aliphatic carbocycles. The van der Waals surface area contributed by atoms with Crippen molar-refractivity contribution in [1.82, 2.24) is 16.0 Å². The number of nitrogens with zero attached hydrogens (tertiary/aromatic N) is 2. The molecule has 160 valence electrons. The molecule has 0 bridgehead atoms. The van der Waals surface area contributed by atoms with E-state index >= 15 is 4.39 Å². The topological polar surface area (TPSA) is 102 Å². The molecule has 0 unspecified atom stereocenters. The lowest BCUT2D eigenvalue weighted by molar-refractivity contribution is 0.0975. The van der Waals surface area contributed by atoms with Crippen molar-refractivity contribution in [3.8, 4) is 0 Å². The van der Waals surface area contributed by atoms with Crippen molar-refractivity contribution in [3.05, 3.63) is 58.9 Å². The Morgan fingerprint density at radius 3 is 2.61 bits per heavy atom. The Kier molecular flexibility index (Phi) is 5.15. The van der Waals surface area contributed by atoms with Gasteiger partial charge in [-0.15, -0.1) is 0 Å². The summed E-state index contributed by atoms with van der Waals surface area (Å²) in [4.78, 5) is 21.1. The molecule has 3 aliphatic rings. The fraction of sp³-hybridized carbons (Fsp3) is 0.318. The first-order valence-corrected chi connectivity index (χ1v) is 10.5. The van der Waals surface area contributed by atoms with Crippen LogP contribution in [0.5, 0.6) is 0 Å². The van der Waals surface area contributed by atoms with Gasteiger partial charge in [0.15, 0.2) is 5.96 Å². The summed E-state index contributed by atoms with van der Waals surface area (Å²) in [5.74, 6) is 0.706. The van der Waals surface area contributed by atoms with E-state index in [9.17, 15) is 4.79 Å². The van der Waals surface area contributed by atoms with Gasteiger partial charge >= 0.3 is 0 Å². The number of anilines is 2. The van der Waals surface area contributed by atoms with Crippen LogP contribution in [0.1, 0.15) is 40.2 Å². The normalized spacial score (nSPS) is 17.3. The quantitative estimate of drug-likeness (QED) is 0.460. The van der Waals surface area contributed by atoms with Gasteiger partial charge in [0.05, 0.1) is 24.5 Å². The molecule has 1 fully saturated rings. The van der Waals surface area contributed by atoms with E-state index < -0.39 is 5.82 Å². The van der Waals surface area contributed by atoms with E-state index in [0.29, 0.717) is 24.7 Å². The van der Waals surface area contributed by atoms with Crippen LogP contribution >= 0.6 is 0 Å². The Morgan fingerprint density at radius 2 is 1.87 bits per heavy atom. The van der Waals surface area contributed by atoms with Crippen LogP contribution in [0, 0.1) is 5.82 Å². The van der Waals surface area contributed by atoms with Gasteiger partial charge in [-0.05, 0) is 48.6 Å². The lowest BCUT2D eigenvalue weighted by atomic mass is 10.0. The van der Waals surface area contributed by atoms with Gasteiger partial charge in [0.1, 0.15) is 11.7 Å². The summed E-state index contributed by atoms with van der Waals surface area (Å²) in [7, 11) is 0. The minimum absolute atomic E-state index is 0.247. The molecular weight excluding hydrogens is 397 g/mol. The Balaban J connectivity index is 1.34. The zero-order valence-corrected chi connectivity index (χ0v) is 17.0. The number of carbonyl (C=O) groups is 1. The molecule has 31 heavy (non-hydrogen) atoms. The van der Waals surface area contributed by atoms with Crippen molar-refractivity contribution in [3.63, 3.8) is 0 Å². The molecule has 8 nitrogen and oxygen atoms in total. The molecule has 2 aromatic carbocycles. The number of rotatable bonds is 6. The second-order valence-electron chi connectivity index (χ2n) is 7.80. The third kappa shape index (κ3) is 4.30. The van der Waals surface area contributed by atoms with Crippen LogP contribution in [0.3, 0.4) is 0 Å². The maximum atomic E-state index is 15.0. The minimum Gasteiger partial charge on any atom is -0.368 e. The molecule has 9 heteroatoms. The maximum absolute atomic E-state index is 15.0. The van der Waals surface area contributed by atoms with Gasteiger partial charge in [-0.3, -0.25) is 25.5 Å². The van der Waals surface area contributed by atoms with Crippen LogP contribution in [0.2, 0.25) is 0 Å². The van der Waals surface area contributed by atoms with E-state index in [0.717, 1.165) is 48.6 Å². The first-order valence-electron chi connectivity index (χ1n) is 10.5. The van der Waals surface area contributed by atoms with Crippen molar-refractivity contribution in [2.45, 2.75) is 18.8 Å². The molecule has 5 N–H and O–H groups in total. The fourth-order valence-electron chi connectivity index (χ4n) is 3.74. The second kappa shape index (κ2) is 8.25. The van der Waals surface area contributed by atoms with Crippen LogP contribution in [-0.2, 0) is 0 Å². The lowest BCUT2D eigenvalue weighted by Crippen LogP contribution is -2.38. The zero-order chi connectivity index (χ0) is 21.2. The Morgan fingerprint density at radius 1 is 1.03 bits per heavy atom. The average Bonchev–Trinajstić information content (AvgIpc) is 3.23. The number of aliphatic imine (C=N–C) groups is 2. The number of halogens is 1. The standard InChI is InChI=1S/C22H24FN7O/c23-18-12-15(21(31)28-22-26-8-9-27-22)11-17(13-4-5-13)19(18)30-29-16-3-1-2-14(10-16)20-24-6-7-25-20/h1-3,10-13,29-30H,4-9H2,(H,24,25)(H2,26,27,28,31). The highest BCUT2D eigenvalue weighted by molar-refractivity contribution is 6.06. The van der Waals surface area contributed by atoms with Gasteiger partial charge in [0, 0.05) is 24.2 Å². The zero-order valence-electron chi connectivity index (χ0n) is 17.0. The van der Waals surface area contributed by atoms with E-state index in [1.54, 1.807) is 6.07 Å². The highest BCUT2D eigenvalue weighted by Gasteiger charge is 2.29. The Labute approximate surface area is 179 Å². The van der Waals surface area contributed by atoms with Gasteiger partial charge in [0.2, 0.25) is 0 Å². The predicted octanol–water partition coefficient (Wildman–Crippen LogP) is 2.18. The number of carbonyl (C=O) groups excluding carboxylic acids is 1. The number of hydrogen-bond acceptors (Lipinski definition) is 7. The van der Waals surface area contributed by atoms with Crippen LogP contribution in [-0.4, -0.2) is 43.9 Å². The molecule has 0 atom stereocenters. The van der Waals surface area contributed by atoms with Gasteiger partial charge in [-0.25, -0.2) is 4.39 Å². The predicted molar refractivity (Wildman–Crippen MR) is 119 cm³/mol.